The maximum Gasteiger partial charge on any atom is 0.407 e. The molecule has 1 amide bonds. The minimum atomic E-state index is -0.490. The molecule has 21 heavy (non-hydrogen) atoms. The standard InChI is InChI=1S/C15H30N2O4/c1-11(2)12(9-16-8-7-13(18)20-6)10-17-14(19)21-15(3,4)5/h11-12,16H,7-10H2,1-6H3,(H,17,19). The van der Waals surface area contributed by atoms with Crippen LogP contribution in [0.3, 0.4) is 0 Å². The average molecular weight is 302 g/mol. The molecule has 0 aliphatic carbocycles. The Balaban J connectivity index is 4.03. The molecule has 2 N–H and O–H groups in total. The maximum atomic E-state index is 11.6. The molecule has 1 atom stereocenters. The van der Waals surface area contributed by atoms with Gasteiger partial charge in [0.1, 0.15) is 5.60 Å². The first kappa shape index (κ1) is 19.7. The second-order valence-corrected chi connectivity index (χ2v) is 6.42. The van der Waals surface area contributed by atoms with E-state index >= 15 is 0 Å². The van der Waals surface area contributed by atoms with E-state index in [4.69, 9.17) is 4.74 Å². The van der Waals surface area contributed by atoms with E-state index in [0.717, 1.165) is 6.54 Å². The Bertz CT molecular complexity index is 324. The number of esters is 1. The molecule has 0 aromatic heterocycles. The number of methoxy groups -OCH3 is 1. The van der Waals surface area contributed by atoms with Gasteiger partial charge in [-0.2, -0.15) is 0 Å². The van der Waals surface area contributed by atoms with E-state index in [-0.39, 0.29) is 11.9 Å². The van der Waals surface area contributed by atoms with Crippen molar-refractivity contribution in [3.8, 4) is 0 Å². The van der Waals surface area contributed by atoms with E-state index < -0.39 is 11.7 Å². The third-order valence-electron chi connectivity index (χ3n) is 2.99. The predicted molar refractivity (Wildman–Crippen MR) is 82.1 cm³/mol. The van der Waals surface area contributed by atoms with Gasteiger partial charge < -0.3 is 20.1 Å². The summed E-state index contributed by atoms with van der Waals surface area (Å²) in [5, 5.41) is 6.00. The first-order valence-electron chi connectivity index (χ1n) is 7.40. The summed E-state index contributed by atoms with van der Waals surface area (Å²) < 4.78 is 9.79. The Labute approximate surface area is 127 Å². The minimum Gasteiger partial charge on any atom is -0.469 e. The van der Waals surface area contributed by atoms with Crippen LogP contribution in [0, 0.1) is 11.8 Å². The van der Waals surface area contributed by atoms with Gasteiger partial charge in [-0.15, -0.1) is 0 Å². The third-order valence-corrected chi connectivity index (χ3v) is 2.99. The summed E-state index contributed by atoms with van der Waals surface area (Å²) in [6, 6.07) is 0. The Morgan fingerprint density at radius 2 is 1.76 bits per heavy atom. The Morgan fingerprint density at radius 3 is 2.24 bits per heavy atom. The number of nitrogens with one attached hydrogen (secondary N) is 2. The average Bonchev–Trinajstić information content (AvgIpc) is 2.34. The Kier molecular flexibility index (Phi) is 9.01. The second-order valence-electron chi connectivity index (χ2n) is 6.42. The molecule has 0 saturated carbocycles. The number of carbonyl (C=O) groups is 2. The van der Waals surface area contributed by atoms with Crippen LogP contribution >= 0.6 is 0 Å². The number of hydrogen-bond donors (Lipinski definition) is 2. The number of amides is 1. The fourth-order valence-electron chi connectivity index (χ4n) is 1.65. The van der Waals surface area contributed by atoms with Crippen molar-refractivity contribution in [1.82, 2.24) is 10.6 Å². The van der Waals surface area contributed by atoms with Crippen molar-refractivity contribution in [1.29, 1.82) is 0 Å². The van der Waals surface area contributed by atoms with Crippen molar-refractivity contribution in [3.05, 3.63) is 0 Å². The number of carbonyl (C=O) groups excluding carboxylic acids is 2. The molecule has 0 aromatic carbocycles. The molecular weight excluding hydrogens is 272 g/mol. The van der Waals surface area contributed by atoms with Crippen LogP contribution in [0.15, 0.2) is 0 Å². The molecule has 0 rings (SSSR count). The molecule has 0 aromatic rings. The fraction of sp³-hybridized carbons (Fsp3) is 0.867. The van der Waals surface area contributed by atoms with Crippen molar-refractivity contribution in [2.24, 2.45) is 11.8 Å². The first-order valence-corrected chi connectivity index (χ1v) is 7.40. The molecule has 124 valence electrons. The molecule has 0 bridgehead atoms. The lowest BCUT2D eigenvalue weighted by Crippen LogP contribution is -2.39. The van der Waals surface area contributed by atoms with Crippen LogP contribution in [-0.2, 0) is 14.3 Å². The quantitative estimate of drug-likeness (QED) is 0.529. The van der Waals surface area contributed by atoms with E-state index in [9.17, 15) is 9.59 Å². The van der Waals surface area contributed by atoms with Crippen LogP contribution in [0.2, 0.25) is 0 Å². The highest BCUT2D eigenvalue weighted by molar-refractivity contribution is 5.69. The molecule has 0 aliphatic heterocycles. The number of hydrogen-bond acceptors (Lipinski definition) is 5. The zero-order valence-electron chi connectivity index (χ0n) is 14.1. The van der Waals surface area contributed by atoms with Crippen molar-refractivity contribution in [2.45, 2.75) is 46.6 Å². The monoisotopic (exact) mass is 302 g/mol. The normalized spacial score (nSPS) is 12.9. The lowest BCUT2D eigenvalue weighted by atomic mass is 9.96. The van der Waals surface area contributed by atoms with Crippen LogP contribution in [-0.4, -0.2) is 44.4 Å². The second kappa shape index (κ2) is 9.60. The Hall–Kier alpha value is -1.30. The summed E-state index contributed by atoms with van der Waals surface area (Å²) >= 11 is 0. The molecule has 1 unspecified atom stereocenters. The lowest BCUT2D eigenvalue weighted by molar-refractivity contribution is -0.140. The van der Waals surface area contributed by atoms with Crippen molar-refractivity contribution >= 4 is 12.1 Å². The predicted octanol–water partition coefficient (Wildman–Crippen LogP) is 1.94. The van der Waals surface area contributed by atoms with Crippen LogP contribution in [0.5, 0.6) is 0 Å². The highest BCUT2D eigenvalue weighted by Gasteiger charge is 2.19. The summed E-state index contributed by atoms with van der Waals surface area (Å²) in [4.78, 5) is 22.6. The summed E-state index contributed by atoms with van der Waals surface area (Å²) in [5.74, 6) is 0.455. The molecule has 0 radical (unpaired) electrons. The van der Waals surface area contributed by atoms with Gasteiger partial charge in [0.2, 0.25) is 0 Å². The summed E-state index contributed by atoms with van der Waals surface area (Å²) in [6.07, 6.45) is -0.0522. The van der Waals surface area contributed by atoms with Gasteiger partial charge in [-0.25, -0.2) is 4.79 Å². The van der Waals surface area contributed by atoms with Crippen LogP contribution < -0.4 is 10.6 Å². The number of rotatable bonds is 8. The molecule has 0 spiro atoms. The van der Waals surface area contributed by atoms with Crippen molar-refractivity contribution in [2.75, 3.05) is 26.7 Å². The summed E-state index contributed by atoms with van der Waals surface area (Å²) in [7, 11) is 1.38. The molecule has 0 aliphatic rings. The van der Waals surface area contributed by atoms with E-state index in [0.29, 0.717) is 25.4 Å². The van der Waals surface area contributed by atoms with E-state index in [1.54, 1.807) is 0 Å². The van der Waals surface area contributed by atoms with Gasteiger partial charge in [-0.1, -0.05) is 13.8 Å². The topological polar surface area (TPSA) is 76.7 Å². The Morgan fingerprint density at radius 1 is 1.14 bits per heavy atom. The van der Waals surface area contributed by atoms with Crippen LogP contribution in [0.1, 0.15) is 41.0 Å². The summed E-state index contributed by atoms with van der Waals surface area (Å²) in [6.45, 7) is 11.5. The molecule has 6 nitrogen and oxygen atoms in total. The first-order chi connectivity index (χ1) is 9.65. The molecule has 0 fully saturated rings. The maximum absolute atomic E-state index is 11.6. The molecule has 0 heterocycles. The molecule has 6 heteroatoms. The van der Waals surface area contributed by atoms with Crippen LogP contribution in [0.25, 0.3) is 0 Å². The number of alkyl carbamates (subject to hydrolysis) is 1. The van der Waals surface area contributed by atoms with Gasteiger partial charge in [0, 0.05) is 13.1 Å². The lowest BCUT2D eigenvalue weighted by Gasteiger charge is -2.24. The van der Waals surface area contributed by atoms with Crippen LogP contribution in [0.4, 0.5) is 4.79 Å². The van der Waals surface area contributed by atoms with Crippen molar-refractivity contribution in [3.63, 3.8) is 0 Å². The number of ether oxygens (including phenoxy) is 2. The van der Waals surface area contributed by atoms with Gasteiger partial charge in [-0.3, -0.25) is 4.79 Å². The van der Waals surface area contributed by atoms with E-state index in [2.05, 4.69) is 29.2 Å². The highest BCUT2D eigenvalue weighted by Crippen LogP contribution is 2.10. The van der Waals surface area contributed by atoms with Gasteiger partial charge in [-0.05, 0) is 39.2 Å². The smallest absolute Gasteiger partial charge is 0.407 e. The highest BCUT2D eigenvalue weighted by atomic mass is 16.6. The minimum absolute atomic E-state index is 0.226. The SMILES string of the molecule is COC(=O)CCNCC(CNC(=O)OC(C)(C)C)C(C)C. The molecular formula is C15H30N2O4. The fourth-order valence-corrected chi connectivity index (χ4v) is 1.65. The molecule has 0 saturated heterocycles. The van der Waals surface area contributed by atoms with Crippen molar-refractivity contribution < 1.29 is 19.1 Å². The summed E-state index contributed by atoms with van der Waals surface area (Å²) in [5.41, 5.74) is -0.490. The van der Waals surface area contributed by atoms with Gasteiger partial charge in [0.05, 0.1) is 13.5 Å². The largest absolute Gasteiger partial charge is 0.469 e. The van der Waals surface area contributed by atoms with Gasteiger partial charge >= 0.3 is 12.1 Å². The third kappa shape index (κ3) is 11.1. The zero-order chi connectivity index (χ0) is 16.5. The zero-order valence-corrected chi connectivity index (χ0v) is 14.1. The van der Waals surface area contributed by atoms with E-state index in [1.165, 1.54) is 7.11 Å². The van der Waals surface area contributed by atoms with Gasteiger partial charge in [0.15, 0.2) is 0 Å². The van der Waals surface area contributed by atoms with E-state index in [1.807, 2.05) is 20.8 Å². The van der Waals surface area contributed by atoms with Gasteiger partial charge in [0.25, 0.3) is 0 Å².